The van der Waals surface area contributed by atoms with Crippen molar-refractivity contribution in [2.45, 2.75) is 19.3 Å². The lowest BCUT2D eigenvalue weighted by Gasteiger charge is -2.22. The molecular formula is C42H29N. The molecule has 9 rings (SSSR count). The molecule has 0 saturated carbocycles. The fraction of sp³-hybridized carbons (Fsp3) is 0.0714. The molecule has 0 fully saturated rings. The van der Waals surface area contributed by atoms with Crippen molar-refractivity contribution >= 4 is 43.2 Å². The minimum absolute atomic E-state index is 0.0530. The number of hydrogen-bond acceptors (Lipinski definition) is 1. The van der Waals surface area contributed by atoms with Crippen molar-refractivity contribution in [2.24, 2.45) is 0 Å². The van der Waals surface area contributed by atoms with E-state index in [1.54, 1.807) is 0 Å². The molecule has 202 valence electrons. The third kappa shape index (κ3) is 3.49. The SMILES string of the molecule is CC1(C)c2ccccc2-c2ccc(-c3cc4c(-c5ccc6ccccc6c5)nc5ccccc5c4c4ccccc34)cc21. The first kappa shape index (κ1) is 24.3. The smallest absolute Gasteiger partial charge is 0.0788 e. The van der Waals surface area contributed by atoms with Gasteiger partial charge in [0, 0.05) is 27.1 Å². The molecule has 1 nitrogen and oxygen atoms in total. The van der Waals surface area contributed by atoms with Gasteiger partial charge in [0.25, 0.3) is 0 Å². The third-order valence-electron chi connectivity index (χ3n) is 9.62. The lowest BCUT2D eigenvalue weighted by atomic mass is 9.81. The molecule has 1 heterocycles. The van der Waals surface area contributed by atoms with E-state index in [2.05, 4.69) is 153 Å². The van der Waals surface area contributed by atoms with Crippen molar-refractivity contribution < 1.29 is 0 Å². The van der Waals surface area contributed by atoms with Gasteiger partial charge in [0.2, 0.25) is 0 Å². The summed E-state index contributed by atoms with van der Waals surface area (Å²) in [6, 6.07) is 51.1. The van der Waals surface area contributed by atoms with Crippen LogP contribution in [0.25, 0.3) is 76.7 Å². The molecule has 0 bridgehead atoms. The van der Waals surface area contributed by atoms with Crippen LogP contribution in [0.2, 0.25) is 0 Å². The highest BCUT2D eigenvalue weighted by Crippen LogP contribution is 2.50. The predicted molar refractivity (Wildman–Crippen MR) is 183 cm³/mol. The van der Waals surface area contributed by atoms with Crippen LogP contribution in [0.4, 0.5) is 0 Å². The summed E-state index contributed by atoms with van der Waals surface area (Å²) < 4.78 is 0. The van der Waals surface area contributed by atoms with Crippen molar-refractivity contribution in [3.05, 3.63) is 151 Å². The molecule has 0 saturated heterocycles. The molecule has 1 aliphatic rings. The van der Waals surface area contributed by atoms with E-state index in [4.69, 9.17) is 4.98 Å². The second-order valence-electron chi connectivity index (χ2n) is 12.4. The summed E-state index contributed by atoms with van der Waals surface area (Å²) in [4.78, 5) is 5.33. The number of nitrogens with zero attached hydrogens (tertiary/aromatic N) is 1. The van der Waals surface area contributed by atoms with Crippen LogP contribution in [0, 0.1) is 0 Å². The van der Waals surface area contributed by atoms with E-state index in [0.717, 1.165) is 16.8 Å². The van der Waals surface area contributed by atoms with Gasteiger partial charge in [0.05, 0.1) is 11.2 Å². The topological polar surface area (TPSA) is 12.9 Å². The molecule has 7 aromatic carbocycles. The van der Waals surface area contributed by atoms with Crippen LogP contribution >= 0.6 is 0 Å². The van der Waals surface area contributed by atoms with E-state index in [1.807, 2.05) is 0 Å². The molecule has 0 amide bonds. The summed E-state index contributed by atoms with van der Waals surface area (Å²) in [5, 5.41) is 8.64. The molecule has 1 heteroatoms. The number of hydrogen-bond donors (Lipinski definition) is 0. The average Bonchev–Trinajstić information content (AvgIpc) is 3.29. The van der Waals surface area contributed by atoms with Gasteiger partial charge in [-0.15, -0.1) is 0 Å². The van der Waals surface area contributed by atoms with Crippen LogP contribution in [0.1, 0.15) is 25.0 Å². The van der Waals surface area contributed by atoms with Crippen LogP contribution in [0.5, 0.6) is 0 Å². The van der Waals surface area contributed by atoms with E-state index in [9.17, 15) is 0 Å². The second-order valence-corrected chi connectivity index (χ2v) is 12.4. The molecule has 0 unspecified atom stereocenters. The minimum atomic E-state index is -0.0530. The first-order valence-corrected chi connectivity index (χ1v) is 15.1. The van der Waals surface area contributed by atoms with Gasteiger partial charge in [-0.05, 0) is 79.2 Å². The van der Waals surface area contributed by atoms with Crippen molar-refractivity contribution in [3.63, 3.8) is 0 Å². The normalized spacial score (nSPS) is 13.5. The Morgan fingerprint density at radius 3 is 2.00 bits per heavy atom. The monoisotopic (exact) mass is 547 g/mol. The summed E-state index contributed by atoms with van der Waals surface area (Å²) in [5.74, 6) is 0. The fourth-order valence-corrected chi connectivity index (χ4v) is 7.48. The van der Waals surface area contributed by atoms with E-state index in [0.29, 0.717) is 0 Å². The molecule has 0 spiro atoms. The Labute approximate surface area is 251 Å². The molecule has 43 heavy (non-hydrogen) atoms. The van der Waals surface area contributed by atoms with E-state index in [1.165, 1.54) is 71.1 Å². The van der Waals surface area contributed by atoms with Crippen molar-refractivity contribution in [1.82, 2.24) is 4.98 Å². The number of benzene rings is 7. The average molecular weight is 548 g/mol. The Bertz CT molecular complexity index is 2430. The highest BCUT2D eigenvalue weighted by Gasteiger charge is 2.35. The maximum Gasteiger partial charge on any atom is 0.0788 e. The summed E-state index contributed by atoms with van der Waals surface area (Å²) >= 11 is 0. The largest absolute Gasteiger partial charge is 0.247 e. The molecule has 0 radical (unpaired) electrons. The predicted octanol–water partition coefficient (Wildman–Crippen LogP) is 11.3. The van der Waals surface area contributed by atoms with Gasteiger partial charge in [0.15, 0.2) is 0 Å². The second kappa shape index (κ2) is 8.86. The zero-order valence-corrected chi connectivity index (χ0v) is 24.2. The van der Waals surface area contributed by atoms with Gasteiger partial charge < -0.3 is 0 Å². The number of pyridine rings is 1. The molecule has 1 aromatic heterocycles. The van der Waals surface area contributed by atoms with Crippen molar-refractivity contribution in [3.8, 4) is 33.5 Å². The van der Waals surface area contributed by atoms with Gasteiger partial charge in [-0.25, -0.2) is 4.98 Å². The zero-order chi connectivity index (χ0) is 28.7. The zero-order valence-electron chi connectivity index (χ0n) is 24.2. The Hall–Kier alpha value is -5.27. The van der Waals surface area contributed by atoms with Crippen LogP contribution in [0.3, 0.4) is 0 Å². The maximum atomic E-state index is 5.33. The third-order valence-corrected chi connectivity index (χ3v) is 9.62. The first-order chi connectivity index (χ1) is 21.1. The van der Waals surface area contributed by atoms with Crippen LogP contribution < -0.4 is 0 Å². The van der Waals surface area contributed by atoms with E-state index >= 15 is 0 Å². The summed E-state index contributed by atoms with van der Waals surface area (Å²) in [6.45, 7) is 4.71. The fourth-order valence-electron chi connectivity index (χ4n) is 7.48. The lowest BCUT2D eigenvalue weighted by Crippen LogP contribution is -2.14. The van der Waals surface area contributed by atoms with E-state index in [-0.39, 0.29) is 5.41 Å². The van der Waals surface area contributed by atoms with Crippen molar-refractivity contribution in [1.29, 1.82) is 0 Å². The van der Waals surface area contributed by atoms with Crippen molar-refractivity contribution in [2.75, 3.05) is 0 Å². The van der Waals surface area contributed by atoms with Gasteiger partial charge in [0.1, 0.15) is 0 Å². The standard InChI is InChI=1S/C42H29N/c1-42(2)37-17-9-7-14-31(37)32-22-21-28(24-38(32)42)35-25-36-40(33-15-6-5-13-30(33)35)34-16-8-10-18-39(34)43-41(36)29-20-19-26-11-3-4-12-27(26)23-29/h3-25H,1-2H3. The Kier molecular flexibility index (Phi) is 5.02. The summed E-state index contributed by atoms with van der Waals surface area (Å²) in [7, 11) is 0. The first-order valence-electron chi connectivity index (χ1n) is 15.1. The molecular weight excluding hydrogens is 518 g/mol. The maximum absolute atomic E-state index is 5.33. The van der Waals surface area contributed by atoms with Crippen LogP contribution in [-0.2, 0) is 5.41 Å². The Morgan fingerprint density at radius 2 is 1.12 bits per heavy atom. The van der Waals surface area contributed by atoms with Crippen LogP contribution in [-0.4, -0.2) is 4.98 Å². The molecule has 0 aliphatic heterocycles. The highest BCUT2D eigenvalue weighted by molar-refractivity contribution is 6.25. The number of aromatic nitrogens is 1. The molecule has 1 aliphatic carbocycles. The summed E-state index contributed by atoms with van der Waals surface area (Å²) in [6.07, 6.45) is 0. The van der Waals surface area contributed by atoms with Gasteiger partial charge >= 0.3 is 0 Å². The van der Waals surface area contributed by atoms with E-state index < -0.39 is 0 Å². The number of fused-ring (bicyclic) bond motifs is 9. The highest BCUT2D eigenvalue weighted by atomic mass is 14.7. The van der Waals surface area contributed by atoms with Gasteiger partial charge in [-0.3, -0.25) is 0 Å². The molecule has 0 atom stereocenters. The number of rotatable bonds is 2. The Balaban J connectivity index is 1.38. The van der Waals surface area contributed by atoms with Crippen LogP contribution in [0.15, 0.2) is 140 Å². The quantitative estimate of drug-likeness (QED) is 0.196. The Morgan fingerprint density at radius 1 is 0.442 bits per heavy atom. The summed E-state index contributed by atoms with van der Waals surface area (Å²) in [5.41, 5.74) is 11.1. The molecule has 8 aromatic rings. The van der Waals surface area contributed by atoms with Gasteiger partial charge in [-0.2, -0.15) is 0 Å². The minimum Gasteiger partial charge on any atom is -0.247 e. The van der Waals surface area contributed by atoms with Gasteiger partial charge in [-0.1, -0.05) is 129 Å². The number of para-hydroxylation sites is 1. The molecule has 0 N–H and O–H groups in total. The lowest BCUT2D eigenvalue weighted by molar-refractivity contribution is 0.660.